The summed E-state index contributed by atoms with van der Waals surface area (Å²) in [6.07, 6.45) is 3.65. The van der Waals surface area contributed by atoms with E-state index in [-0.39, 0.29) is 24.3 Å². The molecular formula is C16H21BrO3. The minimum atomic E-state index is -0.258. The zero-order valence-corrected chi connectivity index (χ0v) is 13.6. The van der Waals surface area contributed by atoms with Crippen molar-refractivity contribution < 1.29 is 14.3 Å². The van der Waals surface area contributed by atoms with Gasteiger partial charge in [0.15, 0.2) is 12.4 Å². The Kier molecular flexibility index (Phi) is 7.52. The van der Waals surface area contributed by atoms with Gasteiger partial charge in [-0.1, -0.05) is 54.8 Å². The molecule has 0 spiro atoms. The number of halogens is 1. The first-order chi connectivity index (χ1) is 9.58. The lowest BCUT2D eigenvalue weighted by molar-refractivity contribution is -0.147. The van der Waals surface area contributed by atoms with Crippen LogP contribution in [0.4, 0.5) is 0 Å². The lowest BCUT2D eigenvalue weighted by Gasteiger charge is -2.13. The van der Waals surface area contributed by atoms with Crippen LogP contribution in [0.15, 0.2) is 28.7 Å². The standard InChI is InChI=1S/C16H21BrO3/c1-3-5-6-12(4-2)16(19)20-11-15(18)13-7-9-14(17)10-8-13/h7-10,12H,3-6,11H2,1-2H3. The summed E-state index contributed by atoms with van der Waals surface area (Å²) < 4.78 is 6.05. The molecule has 1 atom stereocenters. The second kappa shape index (κ2) is 8.90. The largest absolute Gasteiger partial charge is 0.457 e. The molecule has 0 N–H and O–H groups in total. The molecule has 20 heavy (non-hydrogen) atoms. The normalized spacial score (nSPS) is 11.9. The van der Waals surface area contributed by atoms with Gasteiger partial charge in [0, 0.05) is 10.0 Å². The third kappa shape index (κ3) is 5.45. The van der Waals surface area contributed by atoms with Crippen LogP contribution in [0, 0.1) is 5.92 Å². The molecule has 0 fully saturated rings. The Hall–Kier alpha value is -1.16. The third-order valence-electron chi connectivity index (χ3n) is 3.24. The van der Waals surface area contributed by atoms with Gasteiger partial charge in [0.05, 0.1) is 5.92 Å². The van der Waals surface area contributed by atoms with E-state index >= 15 is 0 Å². The number of ketones is 1. The van der Waals surface area contributed by atoms with Gasteiger partial charge in [0.1, 0.15) is 0 Å². The van der Waals surface area contributed by atoms with E-state index in [0.29, 0.717) is 5.56 Å². The van der Waals surface area contributed by atoms with Gasteiger partial charge in [-0.15, -0.1) is 0 Å². The maximum atomic E-state index is 11.9. The molecule has 1 aromatic rings. The summed E-state index contributed by atoms with van der Waals surface area (Å²) in [5, 5.41) is 0. The van der Waals surface area contributed by atoms with Gasteiger partial charge in [-0.2, -0.15) is 0 Å². The van der Waals surface area contributed by atoms with Crippen LogP contribution in [-0.4, -0.2) is 18.4 Å². The molecule has 0 aromatic heterocycles. The van der Waals surface area contributed by atoms with Crippen molar-refractivity contribution in [3.05, 3.63) is 34.3 Å². The molecule has 1 unspecified atom stereocenters. The monoisotopic (exact) mass is 340 g/mol. The van der Waals surface area contributed by atoms with Gasteiger partial charge in [0.25, 0.3) is 0 Å². The molecular weight excluding hydrogens is 320 g/mol. The predicted molar refractivity (Wildman–Crippen MR) is 82.7 cm³/mol. The van der Waals surface area contributed by atoms with Crippen molar-refractivity contribution in [2.24, 2.45) is 5.92 Å². The molecule has 0 radical (unpaired) electrons. The second-order valence-corrected chi connectivity index (χ2v) is 5.70. The second-order valence-electron chi connectivity index (χ2n) is 4.79. The van der Waals surface area contributed by atoms with E-state index in [1.54, 1.807) is 24.3 Å². The molecule has 1 aromatic carbocycles. The minimum absolute atomic E-state index is 0.0901. The summed E-state index contributed by atoms with van der Waals surface area (Å²) in [6.45, 7) is 3.89. The van der Waals surface area contributed by atoms with Crippen LogP contribution < -0.4 is 0 Å². The van der Waals surface area contributed by atoms with Crippen molar-refractivity contribution in [2.75, 3.05) is 6.61 Å². The molecule has 4 heteroatoms. The topological polar surface area (TPSA) is 43.4 Å². The Morgan fingerprint density at radius 2 is 1.85 bits per heavy atom. The highest BCUT2D eigenvalue weighted by atomic mass is 79.9. The van der Waals surface area contributed by atoms with Crippen LogP contribution in [0.1, 0.15) is 49.9 Å². The fraction of sp³-hybridized carbons (Fsp3) is 0.500. The summed E-state index contributed by atoms with van der Waals surface area (Å²) in [6, 6.07) is 7.03. The van der Waals surface area contributed by atoms with Crippen molar-refractivity contribution in [3.63, 3.8) is 0 Å². The molecule has 1 rings (SSSR count). The Labute approximate surface area is 128 Å². The molecule has 0 aliphatic heterocycles. The highest BCUT2D eigenvalue weighted by Gasteiger charge is 2.18. The van der Waals surface area contributed by atoms with E-state index < -0.39 is 0 Å². The van der Waals surface area contributed by atoms with Crippen LogP contribution in [0.5, 0.6) is 0 Å². The zero-order valence-electron chi connectivity index (χ0n) is 12.0. The number of hydrogen-bond donors (Lipinski definition) is 0. The van der Waals surface area contributed by atoms with E-state index in [0.717, 1.165) is 30.2 Å². The van der Waals surface area contributed by atoms with Crippen LogP contribution >= 0.6 is 15.9 Å². The first-order valence-electron chi connectivity index (χ1n) is 7.03. The number of hydrogen-bond acceptors (Lipinski definition) is 3. The maximum Gasteiger partial charge on any atom is 0.309 e. The van der Waals surface area contributed by atoms with Crippen molar-refractivity contribution in [1.29, 1.82) is 0 Å². The molecule has 0 amide bonds. The van der Waals surface area contributed by atoms with Gasteiger partial charge in [-0.3, -0.25) is 9.59 Å². The number of ether oxygens (including phenoxy) is 1. The highest BCUT2D eigenvalue weighted by molar-refractivity contribution is 9.10. The molecule has 0 bridgehead atoms. The fourth-order valence-electron chi connectivity index (χ4n) is 1.91. The maximum absolute atomic E-state index is 11.9. The van der Waals surface area contributed by atoms with Gasteiger partial charge in [-0.05, 0) is 25.0 Å². The van der Waals surface area contributed by atoms with E-state index in [1.807, 2.05) is 6.92 Å². The smallest absolute Gasteiger partial charge is 0.309 e. The number of benzene rings is 1. The van der Waals surface area contributed by atoms with E-state index in [1.165, 1.54) is 0 Å². The lowest BCUT2D eigenvalue weighted by atomic mass is 10.00. The van der Waals surface area contributed by atoms with Crippen LogP contribution in [0.3, 0.4) is 0 Å². The molecule has 3 nitrogen and oxygen atoms in total. The van der Waals surface area contributed by atoms with Gasteiger partial charge >= 0.3 is 5.97 Å². The number of unbranched alkanes of at least 4 members (excludes halogenated alkanes) is 1. The Bertz CT molecular complexity index is 440. The van der Waals surface area contributed by atoms with Crippen LogP contribution in [0.2, 0.25) is 0 Å². The van der Waals surface area contributed by atoms with Crippen molar-refractivity contribution in [2.45, 2.75) is 39.5 Å². The number of Topliss-reactive ketones (excluding diaryl/α,β-unsaturated/α-hetero) is 1. The molecule has 0 aliphatic carbocycles. The Morgan fingerprint density at radius 1 is 1.20 bits per heavy atom. The van der Waals surface area contributed by atoms with E-state index in [4.69, 9.17) is 4.74 Å². The van der Waals surface area contributed by atoms with Gasteiger partial charge in [-0.25, -0.2) is 0 Å². The van der Waals surface area contributed by atoms with Crippen molar-refractivity contribution in [3.8, 4) is 0 Å². The third-order valence-corrected chi connectivity index (χ3v) is 3.77. The molecule has 0 aliphatic rings. The molecule has 0 saturated heterocycles. The number of rotatable bonds is 8. The average molecular weight is 341 g/mol. The Balaban J connectivity index is 2.47. The SMILES string of the molecule is CCCCC(CC)C(=O)OCC(=O)c1ccc(Br)cc1. The van der Waals surface area contributed by atoms with Gasteiger partial charge < -0.3 is 4.74 Å². The summed E-state index contributed by atoms with van der Waals surface area (Å²) in [5.74, 6) is -0.518. The number of esters is 1. The predicted octanol–water partition coefficient (Wildman–Crippen LogP) is 4.39. The van der Waals surface area contributed by atoms with E-state index in [9.17, 15) is 9.59 Å². The molecule has 0 saturated carbocycles. The van der Waals surface area contributed by atoms with E-state index in [2.05, 4.69) is 22.9 Å². The molecule has 0 heterocycles. The summed E-state index contributed by atoms with van der Waals surface area (Å²) in [5.41, 5.74) is 0.558. The summed E-state index contributed by atoms with van der Waals surface area (Å²) >= 11 is 3.31. The quantitative estimate of drug-likeness (QED) is 0.520. The summed E-state index contributed by atoms with van der Waals surface area (Å²) in [4.78, 5) is 23.8. The lowest BCUT2D eigenvalue weighted by Crippen LogP contribution is -2.21. The first kappa shape index (κ1) is 16.9. The average Bonchev–Trinajstić information content (AvgIpc) is 2.46. The summed E-state index contributed by atoms with van der Waals surface area (Å²) in [7, 11) is 0. The first-order valence-corrected chi connectivity index (χ1v) is 7.83. The van der Waals surface area contributed by atoms with Crippen molar-refractivity contribution in [1.82, 2.24) is 0 Å². The Morgan fingerprint density at radius 3 is 2.40 bits per heavy atom. The minimum Gasteiger partial charge on any atom is -0.457 e. The molecule has 110 valence electrons. The number of carbonyl (C=O) groups excluding carboxylic acids is 2. The van der Waals surface area contributed by atoms with Gasteiger partial charge in [0.2, 0.25) is 0 Å². The van der Waals surface area contributed by atoms with Crippen molar-refractivity contribution >= 4 is 27.7 Å². The zero-order chi connectivity index (χ0) is 15.0. The highest BCUT2D eigenvalue weighted by Crippen LogP contribution is 2.15. The fourth-order valence-corrected chi connectivity index (χ4v) is 2.18. The van der Waals surface area contributed by atoms with Crippen LogP contribution in [0.25, 0.3) is 0 Å². The number of carbonyl (C=O) groups is 2. The van der Waals surface area contributed by atoms with Crippen LogP contribution in [-0.2, 0) is 9.53 Å².